The first-order valence-electron chi connectivity index (χ1n) is 8.73. The summed E-state index contributed by atoms with van der Waals surface area (Å²) in [6.07, 6.45) is 3.66. The standard InChI is InChI=1S/C18H26N4OS/c1-10(2)19-17(23)15-12(4)14-16(20-13(5)21-18(14)24-15)22-9-7-6-8-11(22)3/h10-11H,6-9H2,1-5H3,(H,19,23). The molecule has 6 heteroatoms. The van der Waals surface area contributed by atoms with Crippen LogP contribution in [-0.2, 0) is 0 Å². The molecule has 5 nitrogen and oxygen atoms in total. The summed E-state index contributed by atoms with van der Waals surface area (Å²) in [6, 6.07) is 0.597. The molecule has 2 aromatic heterocycles. The molecule has 3 rings (SSSR count). The number of carbonyl (C=O) groups excluding carboxylic acids is 1. The van der Waals surface area contributed by atoms with Crippen LogP contribution in [0.25, 0.3) is 10.2 Å². The molecule has 0 bridgehead atoms. The molecule has 0 radical (unpaired) electrons. The van der Waals surface area contributed by atoms with Crippen LogP contribution in [0.3, 0.4) is 0 Å². The summed E-state index contributed by atoms with van der Waals surface area (Å²) in [7, 11) is 0. The van der Waals surface area contributed by atoms with Crippen LogP contribution in [0.4, 0.5) is 5.82 Å². The smallest absolute Gasteiger partial charge is 0.261 e. The molecule has 0 spiro atoms. The maximum atomic E-state index is 12.5. The van der Waals surface area contributed by atoms with Crippen LogP contribution in [0, 0.1) is 13.8 Å². The molecule has 0 aromatic carbocycles. The summed E-state index contributed by atoms with van der Waals surface area (Å²) in [6.45, 7) is 11.2. The minimum atomic E-state index is -0.0132. The number of anilines is 1. The van der Waals surface area contributed by atoms with Crippen molar-refractivity contribution in [3.05, 3.63) is 16.3 Å². The Kier molecular flexibility index (Phi) is 4.76. The zero-order valence-corrected chi connectivity index (χ0v) is 16.0. The van der Waals surface area contributed by atoms with E-state index in [-0.39, 0.29) is 11.9 Å². The van der Waals surface area contributed by atoms with Crippen molar-refractivity contribution >= 4 is 33.3 Å². The molecule has 1 N–H and O–H groups in total. The molecule has 0 saturated carbocycles. The molecular weight excluding hydrogens is 320 g/mol. The van der Waals surface area contributed by atoms with Crippen LogP contribution in [-0.4, -0.2) is 34.5 Å². The predicted octanol–water partition coefficient (Wildman–Crippen LogP) is 3.83. The highest BCUT2D eigenvalue weighted by Crippen LogP contribution is 2.37. The number of thiophene rings is 1. The summed E-state index contributed by atoms with van der Waals surface area (Å²) >= 11 is 1.48. The molecule has 1 fully saturated rings. The van der Waals surface area contributed by atoms with Gasteiger partial charge in [-0.3, -0.25) is 4.79 Å². The summed E-state index contributed by atoms with van der Waals surface area (Å²) in [5.74, 6) is 1.76. The van der Waals surface area contributed by atoms with Gasteiger partial charge in [-0.1, -0.05) is 0 Å². The minimum Gasteiger partial charge on any atom is -0.353 e. The Morgan fingerprint density at radius 3 is 2.71 bits per heavy atom. The third-order valence-electron chi connectivity index (χ3n) is 4.58. The normalized spacial score (nSPS) is 18.4. The van der Waals surface area contributed by atoms with Gasteiger partial charge < -0.3 is 10.2 Å². The van der Waals surface area contributed by atoms with Gasteiger partial charge >= 0.3 is 0 Å². The van der Waals surface area contributed by atoms with Crippen LogP contribution >= 0.6 is 11.3 Å². The number of nitrogens with zero attached hydrogens (tertiary/aromatic N) is 3. The molecule has 1 aliphatic heterocycles. The van der Waals surface area contributed by atoms with E-state index in [0.29, 0.717) is 6.04 Å². The van der Waals surface area contributed by atoms with E-state index < -0.39 is 0 Å². The van der Waals surface area contributed by atoms with Crippen LogP contribution in [0.1, 0.15) is 61.1 Å². The van der Waals surface area contributed by atoms with Gasteiger partial charge in [-0.2, -0.15) is 0 Å². The SMILES string of the molecule is Cc1nc(N2CCCCC2C)c2c(C)c(C(=O)NC(C)C)sc2n1. The summed E-state index contributed by atoms with van der Waals surface area (Å²) in [5.41, 5.74) is 1.00. The number of carbonyl (C=O) groups is 1. The summed E-state index contributed by atoms with van der Waals surface area (Å²) in [5, 5.41) is 4.04. The van der Waals surface area contributed by atoms with Gasteiger partial charge in [0.05, 0.1) is 10.3 Å². The van der Waals surface area contributed by atoms with Crippen molar-refractivity contribution < 1.29 is 4.79 Å². The molecule has 1 amide bonds. The van der Waals surface area contributed by atoms with Gasteiger partial charge in [-0.25, -0.2) is 9.97 Å². The molecule has 2 aromatic rings. The Labute approximate surface area is 147 Å². The van der Waals surface area contributed by atoms with Gasteiger partial charge in [0.15, 0.2) is 0 Å². The molecule has 1 atom stereocenters. The molecule has 130 valence electrons. The van der Waals surface area contributed by atoms with E-state index in [1.165, 1.54) is 30.6 Å². The van der Waals surface area contributed by atoms with Gasteiger partial charge in [0, 0.05) is 18.6 Å². The van der Waals surface area contributed by atoms with Gasteiger partial charge in [0.2, 0.25) is 0 Å². The first-order chi connectivity index (χ1) is 11.4. The van der Waals surface area contributed by atoms with E-state index in [2.05, 4.69) is 22.1 Å². The molecule has 1 unspecified atom stereocenters. The Morgan fingerprint density at radius 1 is 1.29 bits per heavy atom. The Bertz CT molecular complexity index is 768. The monoisotopic (exact) mass is 346 g/mol. The van der Waals surface area contributed by atoms with Crippen molar-refractivity contribution in [2.24, 2.45) is 0 Å². The highest BCUT2D eigenvalue weighted by molar-refractivity contribution is 7.20. The molecule has 1 aliphatic rings. The fourth-order valence-electron chi connectivity index (χ4n) is 3.39. The van der Waals surface area contributed by atoms with Crippen molar-refractivity contribution in [3.8, 4) is 0 Å². The number of rotatable bonds is 3. The largest absolute Gasteiger partial charge is 0.353 e. The minimum absolute atomic E-state index is 0.0132. The fraction of sp³-hybridized carbons (Fsp3) is 0.611. The van der Waals surface area contributed by atoms with Gasteiger partial charge in [0.1, 0.15) is 16.5 Å². The van der Waals surface area contributed by atoms with Crippen molar-refractivity contribution in [3.63, 3.8) is 0 Å². The number of piperidine rings is 1. The number of aromatic nitrogens is 2. The maximum absolute atomic E-state index is 12.5. The molecule has 1 saturated heterocycles. The van der Waals surface area contributed by atoms with E-state index in [1.54, 1.807) is 0 Å². The van der Waals surface area contributed by atoms with Crippen LogP contribution < -0.4 is 10.2 Å². The van der Waals surface area contributed by atoms with Gasteiger partial charge in [-0.05, 0) is 59.4 Å². The molecule has 3 heterocycles. The van der Waals surface area contributed by atoms with E-state index in [0.717, 1.165) is 38.8 Å². The molecule has 0 aliphatic carbocycles. The van der Waals surface area contributed by atoms with Gasteiger partial charge in [-0.15, -0.1) is 11.3 Å². The van der Waals surface area contributed by atoms with Crippen molar-refractivity contribution in [2.45, 2.75) is 66.0 Å². The predicted molar refractivity (Wildman–Crippen MR) is 100 cm³/mol. The van der Waals surface area contributed by atoms with Crippen LogP contribution in [0.2, 0.25) is 0 Å². The van der Waals surface area contributed by atoms with E-state index in [4.69, 9.17) is 4.98 Å². The van der Waals surface area contributed by atoms with E-state index >= 15 is 0 Å². The quantitative estimate of drug-likeness (QED) is 0.918. The molecular formula is C18H26N4OS. The lowest BCUT2D eigenvalue weighted by Gasteiger charge is -2.35. The zero-order valence-electron chi connectivity index (χ0n) is 15.1. The number of aryl methyl sites for hydroxylation is 2. The lowest BCUT2D eigenvalue weighted by Crippen LogP contribution is -2.38. The Morgan fingerprint density at radius 2 is 2.04 bits per heavy atom. The number of hydrogen-bond donors (Lipinski definition) is 1. The molecule has 24 heavy (non-hydrogen) atoms. The second-order valence-electron chi connectivity index (χ2n) is 7.00. The average Bonchev–Trinajstić information content (AvgIpc) is 2.83. The second-order valence-corrected chi connectivity index (χ2v) is 8.00. The van der Waals surface area contributed by atoms with E-state index in [1.807, 2.05) is 27.7 Å². The lowest BCUT2D eigenvalue weighted by atomic mass is 10.0. The number of hydrogen-bond acceptors (Lipinski definition) is 5. The van der Waals surface area contributed by atoms with Crippen molar-refractivity contribution in [2.75, 3.05) is 11.4 Å². The first kappa shape index (κ1) is 17.1. The maximum Gasteiger partial charge on any atom is 0.261 e. The number of fused-ring (bicyclic) bond motifs is 1. The van der Waals surface area contributed by atoms with Crippen molar-refractivity contribution in [1.82, 2.24) is 15.3 Å². The number of nitrogens with one attached hydrogen (secondary N) is 1. The fourth-order valence-corrected chi connectivity index (χ4v) is 4.51. The average molecular weight is 347 g/mol. The third kappa shape index (κ3) is 3.11. The Balaban J connectivity index is 2.12. The first-order valence-corrected chi connectivity index (χ1v) is 9.55. The van der Waals surface area contributed by atoms with E-state index in [9.17, 15) is 4.79 Å². The van der Waals surface area contributed by atoms with Crippen molar-refractivity contribution in [1.29, 1.82) is 0 Å². The summed E-state index contributed by atoms with van der Waals surface area (Å²) in [4.78, 5) is 25.9. The summed E-state index contributed by atoms with van der Waals surface area (Å²) < 4.78 is 0. The van der Waals surface area contributed by atoms with Crippen LogP contribution in [0.5, 0.6) is 0 Å². The second kappa shape index (κ2) is 6.67. The Hall–Kier alpha value is -1.69. The lowest BCUT2D eigenvalue weighted by molar-refractivity contribution is 0.0947. The highest BCUT2D eigenvalue weighted by Gasteiger charge is 2.26. The van der Waals surface area contributed by atoms with Gasteiger partial charge in [0.25, 0.3) is 5.91 Å². The third-order valence-corrected chi connectivity index (χ3v) is 5.77. The topological polar surface area (TPSA) is 58.1 Å². The number of amides is 1. The van der Waals surface area contributed by atoms with Crippen LogP contribution in [0.15, 0.2) is 0 Å². The zero-order chi connectivity index (χ0) is 17.4. The highest BCUT2D eigenvalue weighted by atomic mass is 32.1.